The predicted molar refractivity (Wildman–Crippen MR) is 80.6 cm³/mol. The van der Waals surface area contributed by atoms with Crippen LogP contribution in [0, 0.1) is 5.92 Å². The summed E-state index contributed by atoms with van der Waals surface area (Å²) < 4.78 is 0. The minimum Gasteiger partial charge on any atom is -0.338 e. The number of nitrogens with one attached hydrogen (secondary N) is 1. The van der Waals surface area contributed by atoms with Crippen LogP contribution in [0.1, 0.15) is 44.9 Å². The molecule has 3 aliphatic rings. The molecule has 3 saturated heterocycles. The number of likely N-dealkylation sites (tertiary alicyclic amines) is 2. The number of rotatable bonds is 3. The van der Waals surface area contributed by atoms with E-state index in [4.69, 9.17) is 0 Å². The molecule has 2 atom stereocenters. The van der Waals surface area contributed by atoms with Gasteiger partial charge in [0, 0.05) is 25.7 Å². The van der Waals surface area contributed by atoms with Gasteiger partial charge in [-0.3, -0.25) is 4.79 Å². The van der Waals surface area contributed by atoms with Crippen LogP contribution in [0.2, 0.25) is 0 Å². The van der Waals surface area contributed by atoms with E-state index in [9.17, 15) is 4.79 Å². The number of nitrogens with zero attached hydrogens (tertiary/aromatic N) is 2. The molecule has 0 aromatic carbocycles. The quantitative estimate of drug-likeness (QED) is 0.849. The Labute approximate surface area is 122 Å². The average molecular weight is 279 g/mol. The van der Waals surface area contributed by atoms with Crippen molar-refractivity contribution in [2.75, 3.05) is 39.3 Å². The number of carbonyl (C=O) groups is 1. The third-order valence-electron chi connectivity index (χ3n) is 5.22. The number of hydrogen-bond donors (Lipinski definition) is 1. The van der Waals surface area contributed by atoms with Gasteiger partial charge in [0.1, 0.15) is 0 Å². The van der Waals surface area contributed by atoms with Crippen molar-refractivity contribution in [3.8, 4) is 0 Å². The van der Waals surface area contributed by atoms with E-state index in [1.165, 1.54) is 45.2 Å². The molecule has 4 nitrogen and oxygen atoms in total. The van der Waals surface area contributed by atoms with Gasteiger partial charge in [-0.1, -0.05) is 6.42 Å². The van der Waals surface area contributed by atoms with Gasteiger partial charge >= 0.3 is 0 Å². The molecule has 1 N–H and O–H groups in total. The Kier molecular flexibility index (Phi) is 4.94. The second kappa shape index (κ2) is 6.90. The summed E-state index contributed by atoms with van der Waals surface area (Å²) in [6.07, 6.45) is 8.71. The normalized spacial score (nSPS) is 32.5. The van der Waals surface area contributed by atoms with Crippen LogP contribution in [0.4, 0.5) is 0 Å². The zero-order valence-electron chi connectivity index (χ0n) is 12.6. The molecular formula is C16H29N3O. The maximum absolute atomic E-state index is 12.7. The maximum Gasteiger partial charge on any atom is 0.227 e. The van der Waals surface area contributed by atoms with Crippen molar-refractivity contribution < 1.29 is 4.79 Å². The van der Waals surface area contributed by atoms with Gasteiger partial charge in [-0.15, -0.1) is 0 Å². The molecule has 0 aromatic rings. The Morgan fingerprint density at radius 3 is 2.60 bits per heavy atom. The van der Waals surface area contributed by atoms with Gasteiger partial charge in [0.25, 0.3) is 0 Å². The first-order valence-corrected chi connectivity index (χ1v) is 8.58. The lowest BCUT2D eigenvalue weighted by Crippen LogP contribution is -2.49. The Hall–Kier alpha value is -0.610. The highest BCUT2D eigenvalue weighted by Gasteiger charge is 2.34. The fraction of sp³-hybridized carbons (Fsp3) is 0.938. The molecule has 0 aromatic heterocycles. The van der Waals surface area contributed by atoms with E-state index < -0.39 is 0 Å². The molecule has 0 aliphatic carbocycles. The summed E-state index contributed by atoms with van der Waals surface area (Å²) in [5, 5.41) is 3.38. The minimum absolute atomic E-state index is 0.241. The molecule has 114 valence electrons. The Morgan fingerprint density at radius 2 is 1.85 bits per heavy atom. The van der Waals surface area contributed by atoms with Gasteiger partial charge < -0.3 is 15.1 Å². The molecule has 0 saturated carbocycles. The van der Waals surface area contributed by atoms with Crippen molar-refractivity contribution in [3.05, 3.63) is 0 Å². The number of carbonyl (C=O) groups excluding carboxylic acids is 1. The van der Waals surface area contributed by atoms with E-state index in [-0.39, 0.29) is 5.92 Å². The lowest BCUT2D eigenvalue weighted by atomic mass is 9.97. The molecule has 1 amide bonds. The molecule has 3 fully saturated rings. The van der Waals surface area contributed by atoms with E-state index >= 15 is 0 Å². The summed E-state index contributed by atoms with van der Waals surface area (Å²) in [6, 6.07) is 0.488. The van der Waals surface area contributed by atoms with Crippen LogP contribution in [0.15, 0.2) is 0 Å². The Morgan fingerprint density at radius 1 is 1.00 bits per heavy atom. The first-order valence-electron chi connectivity index (χ1n) is 8.58. The number of piperidine rings is 2. The van der Waals surface area contributed by atoms with Crippen LogP contribution in [0.5, 0.6) is 0 Å². The molecule has 0 radical (unpaired) electrons. The minimum atomic E-state index is 0.241. The molecule has 3 rings (SSSR count). The molecule has 4 heteroatoms. The Balaban J connectivity index is 1.55. The zero-order valence-corrected chi connectivity index (χ0v) is 12.6. The van der Waals surface area contributed by atoms with E-state index in [0.717, 1.165) is 39.0 Å². The molecule has 2 unspecified atom stereocenters. The zero-order chi connectivity index (χ0) is 13.8. The lowest BCUT2D eigenvalue weighted by molar-refractivity contribution is -0.137. The topological polar surface area (TPSA) is 35.6 Å². The SMILES string of the molecule is O=C(C1CCCNC1)N1CCCC1CN1CCCCC1. The van der Waals surface area contributed by atoms with E-state index in [1.807, 2.05) is 0 Å². The van der Waals surface area contributed by atoms with Crippen LogP contribution in [-0.4, -0.2) is 61.0 Å². The van der Waals surface area contributed by atoms with Crippen LogP contribution < -0.4 is 5.32 Å². The second-order valence-electron chi connectivity index (χ2n) is 6.73. The summed E-state index contributed by atoms with van der Waals surface area (Å²) >= 11 is 0. The van der Waals surface area contributed by atoms with Crippen molar-refractivity contribution in [1.29, 1.82) is 0 Å². The summed E-state index contributed by atoms with van der Waals surface area (Å²) in [7, 11) is 0. The van der Waals surface area contributed by atoms with Crippen LogP contribution in [0.25, 0.3) is 0 Å². The molecule has 0 bridgehead atoms. The summed E-state index contributed by atoms with van der Waals surface area (Å²) in [4.78, 5) is 17.5. The van der Waals surface area contributed by atoms with E-state index in [2.05, 4.69) is 15.1 Å². The second-order valence-corrected chi connectivity index (χ2v) is 6.73. The summed E-state index contributed by atoms with van der Waals surface area (Å²) in [5.74, 6) is 0.669. The molecule has 3 heterocycles. The van der Waals surface area contributed by atoms with Gasteiger partial charge in [0.15, 0.2) is 0 Å². The van der Waals surface area contributed by atoms with E-state index in [1.54, 1.807) is 0 Å². The average Bonchev–Trinajstić information content (AvgIpc) is 2.96. The first kappa shape index (κ1) is 14.3. The number of amides is 1. The van der Waals surface area contributed by atoms with Crippen LogP contribution in [0.3, 0.4) is 0 Å². The van der Waals surface area contributed by atoms with Gasteiger partial charge in [0.05, 0.1) is 5.92 Å². The monoisotopic (exact) mass is 279 g/mol. The van der Waals surface area contributed by atoms with Crippen molar-refractivity contribution in [2.24, 2.45) is 5.92 Å². The molecule has 3 aliphatic heterocycles. The highest BCUT2D eigenvalue weighted by Crippen LogP contribution is 2.24. The third-order valence-corrected chi connectivity index (χ3v) is 5.22. The number of hydrogen-bond acceptors (Lipinski definition) is 3. The summed E-state index contributed by atoms with van der Waals surface area (Å²) in [5.41, 5.74) is 0. The molecule has 20 heavy (non-hydrogen) atoms. The van der Waals surface area contributed by atoms with Crippen molar-refractivity contribution in [2.45, 2.75) is 51.0 Å². The highest BCUT2D eigenvalue weighted by atomic mass is 16.2. The van der Waals surface area contributed by atoms with Crippen molar-refractivity contribution in [3.63, 3.8) is 0 Å². The smallest absolute Gasteiger partial charge is 0.227 e. The maximum atomic E-state index is 12.7. The molecular weight excluding hydrogens is 250 g/mol. The van der Waals surface area contributed by atoms with Crippen LogP contribution >= 0.6 is 0 Å². The van der Waals surface area contributed by atoms with Gasteiger partial charge in [-0.25, -0.2) is 0 Å². The van der Waals surface area contributed by atoms with Gasteiger partial charge in [-0.2, -0.15) is 0 Å². The fourth-order valence-electron chi connectivity index (χ4n) is 4.05. The molecule has 0 spiro atoms. The predicted octanol–water partition coefficient (Wildman–Crippen LogP) is 1.46. The third kappa shape index (κ3) is 3.34. The van der Waals surface area contributed by atoms with E-state index in [0.29, 0.717) is 11.9 Å². The summed E-state index contributed by atoms with van der Waals surface area (Å²) in [6.45, 7) is 6.57. The highest BCUT2D eigenvalue weighted by molar-refractivity contribution is 5.79. The van der Waals surface area contributed by atoms with Gasteiger partial charge in [-0.05, 0) is 58.2 Å². The van der Waals surface area contributed by atoms with Gasteiger partial charge in [0.2, 0.25) is 5.91 Å². The Bertz CT molecular complexity index is 322. The lowest BCUT2D eigenvalue weighted by Gasteiger charge is -2.35. The van der Waals surface area contributed by atoms with Crippen LogP contribution in [-0.2, 0) is 4.79 Å². The standard InChI is InChI=1S/C16H29N3O/c20-16(14-6-4-8-17-12-14)19-11-5-7-15(19)13-18-9-2-1-3-10-18/h14-15,17H,1-13H2. The largest absolute Gasteiger partial charge is 0.338 e. The first-order chi connectivity index (χ1) is 9.84. The fourth-order valence-corrected chi connectivity index (χ4v) is 4.05. The van der Waals surface area contributed by atoms with Crippen molar-refractivity contribution in [1.82, 2.24) is 15.1 Å². The van der Waals surface area contributed by atoms with Crippen molar-refractivity contribution >= 4 is 5.91 Å².